The summed E-state index contributed by atoms with van der Waals surface area (Å²) in [4.78, 5) is 0. The molecule has 80 valence electrons. The van der Waals surface area contributed by atoms with Crippen LogP contribution in [-0.2, 0) is 8.85 Å². The number of alkyl halides is 1. The van der Waals surface area contributed by atoms with Crippen LogP contribution < -0.4 is 0 Å². The highest BCUT2D eigenvalue weighted by Crippen LogP contribution is 2.19. The average Bonchev–Trinajstić information content (AvgIpc) is 2.01. The van der Waals surface area contributed by atoms with Gasteiger partial charge in [0.2, 0.25) is 0 Å². The molecule has 2 nitrogen and oxygen atoms in total. The van der Waals surface area contributed by atoms with Gasteiger partial charge in [-0.3, -0.25) is 0 Å². The van der Waals surface area contributed by atoms with E-state index in [1.807, 2.05) is 27.7 Å². The Morgan fingerprint density at radius 1 is 1.08 bits per heavy atom. The van der Waals surface area contributed by atoms with Gasteiger partial charge in [0, 0.05) is 12.2 Å². The number of hydrogen-bond acceptors (Lipinski definition) is 2. The highest BCUT2D eigenvalue weighted by molar-refractivity contribution is 6.74. The van der Waals surface area contributed by atoms with Crippen LogP contribution >= 0.6 is 11.6 Å². The third kappa shape index (κ3) is 5.01. The lowest BCUT2D eigenvalue weighted by Gasteiger charge is -2.31. The van der Waals surface area contributed by atoms with E-state index in [4.69, 9.17) is 20.5 Å². The molecule has 0 aliphatic rings. The van der Waals surface area contributed by atoms with Gasteiger partial charge in [-0.15, -0.1) is 11.6 Å². The summed E-state index contributed by atoms with van der Waals surface area (Å²) < 4.78 is 11.7. The number of hydrogen-bond donors (Lipinski definition) is 0. The Labute approximate surface area is 87.8 Å². The lowest BCUT2D eigenvalue weighted by Crippen LogP contribution is -2.47. The van der Waals surface area contributed by atoms with Crippen molar-refractivity contribution >= 4 is 20.2 Å². The van der Waals surface area contributed by atoms with E-state index in [0.717, 1.165) is 6.04 Å². The standard InChI is InChI=1S/C9H21ClO2Si/c1-6-13(7-10,11-8(2)3)12-9(4)5/h8-9H,6-7H2,1-5H3. The van der Waals surface area contributed by atoms with Gasteiger partial charge in [0.1, 0.15) is 0 Å². The first-order valence-electron chi connectivity index (χ1n) is 4.87. The molecule has 4 heteroatoms. The van der Waals surface area contributed by atoms with Crippen molar-refractivity contribution in [2.24, 2.45) is 0 Å². The molecule has 0 aliphatic carbocycles. The van der Waals surface area contributed by atoms with Gasteiger partial charge in [0.05, 0.1) is 5.50 Å². The zero-order chi connectivity index (χ0) is 10.5. The maximum Gasteiger partial charge on any atom is 0.353 e. The first kappa shape index (κ1) is 13.4. The fourth-order valence-electron chi connectivity index (χ4n) is 1.21. The van der Waals surface area contributed by atoms with Crippen LogP contribution in [0.15, 0.2) is 0 Å². The van der Waals surface area contributed by atoms with E-state index in [1.54, 1.807) is 0 Å². The summed E-state index contributed by atoms with van der Waals surface area (Å²) in [5, 5.41) is 0. The molecule has 0 rings (SSSR count). The maximum atomic E-state index is 5.92. The Kier molecular flexibility index (Phi) is 6.21. The Morgan fingerprint density at radius 2 is 1.46 bits per heavy atom. The van der Waals surface area contributed by atoms with E-state index >= 15 is 0 Å². The van der Waals surface area contributed by atoms with Crippen LogP contribution in [0.25, 0.3) is 0 Å². The van der Waals surface area contributed by atoms with Crippen molar-refractivity contribution in [3.05, 3.63) is 0 Å². The Balaban J connectivity index is 4.30. The molecule has 0 fully saturated rings. The molecular weight excluding hydrogens is 204 g/mol. The van der Waals surface area contributed by atoms with E-state index in [-0.39, 0.29) is 12.2 Å². The SMILES string of the molecule is CC[Si](CCl)(OC(C)C)OC(C)C. The first-order valence-corrected chi connectivity index (χ1v) is 7.64. The minimum atomic E-state index is -2.10. The molecule has 13 heavy (non-hydrogen) atoms. The third-order valence-corrected chi connectivity index (χ3v) is 6.15. The molecule has 0 saturated carbocycles. The monoisotopic (exact) mass is 224 g/mol. The smallest absolute Gasteiger partial charge is 0.353 e. The van der Waals surface area contributed by atoms with Crippen LogP contribution in [-0.4, -0.2) is 26.3 Å². The summed E-state index contributed by atoms with van der Waals surface area (Å²) in [6.45, 7) is 10.2. The minimum Gasteiger partial charge on any atom is -0.391 e. The van der Waals surface area contributed by atoms with Crippen LogP contribution in [0.5, 0.6) is 0 Å². The molecular formula is C9H21ClO2Si. The zero-order valence-corrected chi connectivity index (χ0v) is 11.0. The van der Waals surface area contributed by atoms with E-state index < -0.39 is 8.56 Å². The summed E-state index contributed by atoms with van der Waals surface area (Å²) >= 11 is 5.92. The van der Waals surface area contributed by atoms with Gasteiger partial charge >= 0.3 is 8.56 Å². The summed E-state index contributed by atoms with van der Waals surface area (Å²) in [6.07, 6.45) is 0.397. The number of halogens is 1. The van der Waals surface area contributed by atoms with Crippen LogP contribution in [0.1, 0.15) is 34.6 Å². The third-order valence-electron chi connectivity index (χ3n) is 1.64. The molecule has 0 aliphatic heterocycles. The summed E-state index contributed by atoms with van der Waals surface area (Å²) in [6, 6.07) is 0.910. The Morgan fingerprint density at radius 3 is 1.62 bits per heavy atom. The van der Waals surface area contributed by atoms with Gasteiger partial charge < -0.3 is 8.85 Å². The molecule has 0 aromatic carbocycles. The Bertz CT molecular complexity index is 124. The summed E-state index contributed by atoms with van der Waals surface area (Å²) in [5.74, 6) is 0. The molecule has 0 unspecified atom stereocenters. The van der Waals surface area contributed by atoms with Crippen molar-refractivity contribution in [3.8, 4) is 0 Å². The van der Waals surface area contributed by atoms with Crippen LogP contribution in [0.4, 0.5) is 0 Å². The highest BCUT2D eigenvalue weighted by atomic mass is 35.5. The van der Waals surface area contributed by atoms with Crippen LogP contribution in [0.2, 0.25) is 6.04 Å². The predicted octanol–water partition coefficient (Wildman–Crippen LogP) is 3.08. The van der Waals surface area contributed by atoms with Crippen molar-refractivity contribution in [2.45, 2.75) is 52.9 Å². The zero-order valence-electron chi connectivity index (χ0n) is 9.26. The average molecular weight is 225 g/mol. The second kappa shape index (κ2) is 6.01. The molecule has 0 heterocycles. The molecule has 0 spiro atoms. The van der Waals surface area contributed by atoms with E-state index in [9.17, 15) is 0 Å². The van der Waals surface area contributed by atoms with Gasteiger partial charge in [-0.05, 0) is 33.7 Å². The maximum absolute atomic E-state index is 5.92. The largest absolute Gasteiger partial charge is 0.391 e. The second-order valence-electron chi connectivity index (χ2n) is 3.73. The Hall–Kier alpha value is 0.427. The predicted molar refractivity (Wildman–Crippen MR) is 59.4 cm³/mol. The molecule has 0 radical (unpaired) electrons. The van der Waals surface area contributed by atoms with Gasteiger partial charge in [-0.2, -0.15) is 0 Å². The highest BCUT2D eigenvalue weighted by Gasteiger charge is 2.36. The van der Waals surface area contributed by atoms with Crippen molar-refractivity contribution in [1.29, 1.82) is 0 Å². The van der Waals surface area contributed by atoms with E-state index in [1.165, 1.54) is 0 Å². The quantitative estimate of drug-likeness (QED) is 0.510. The van der Waals surface area contributed by atoms with E-state index in [0.29, 0.717) is 5.50 Å². The van der Waals surface area contributed by atoms with Gasteiger partial charge in [-0.25, -0.2) is 0 Å². The lowest BCUT2D eigenvalue weighted by atomic mass is 10.5. The fourth-order valence-corrected chi connectivity index (χ4v) is 4.58. The van der Waals surface area contributed by atoms with Gasteiger partial charge in [0.25, 0.3) is 0 Å². The van der Waals surface area contributed by atoms with Gasteiger partial charge in [0.15, 0.2) is 0 Å². The number of rotatable bonds is 6. The molecule has 0 atom stereocenters. The fraction of sp³-hybridized carbons (Fsp3) is 1.00. The lowest BCUT2D eigenvalue weighted by molar-refractivity contribution is 0.109. The van der Waals surface area contributed by atoms with Crippen molar-refractivity contribution in [2.75, 3.05) is 5.50 Å². The molecule has 0 aromatic rings. The second-order valence-corrected chi connectivity index (χ2v) is 7.80. The molecule has 0 amide bonds. The van der Waals surface area contributed by atoms with E-state index in [2.05, 4.69) is 6.92 Å². The van der Waals surface area contributed by atoms with Crippen molar-refractivity contribution in [3.63, 3.8) is 0 Å². The van der Waals surface area contributed by atoms with Crippen molar-refractivity contribution in [1.82, 2.24) is 0 Å². The normalized spacial score (nSPS) is 12.9. The molecule has 0 N–H and O–H groups in total. The molecule has 0 aromatic heterocycles. The molecule has 0 bridgehead atoms. The minimum absolute atomic E-state index is 0.198. The topological polar surface area (TPSA) is 18.5 Å². The first-order chi connectivity index (χ1) is 5.95. The van der Waals surface area contributed by atoms with Crippen LogP contribution in [0, 0.1) is 0 Å². The van der Waals surface area contributed by atoms with Gasteiger partial charge in [-0.1, -0.05) is 6.92 Å². The summed E-state index contributed by atoms with van der Waals surface area (Å²) in [5.41, 5.74) is 0.514. The van der Waals surface area contributed by atoms with Crippen LogP contribution in [0.3, 0.4) is 0 Å². The summed E-state index contributed by atoms with van der Waals surface area (Å²) in [7, 11) is -2.10. The van der Waals surface area contributed by atoms with Crippen molar-refractivity contribution < 1.29 is 8.85 Å². The molecule has 0 saturated heterocycles.